The zero-order chi connectivity index (χ0) is 11.7. The number of rotatable bonds is 3. The van der Waals surface area contributed by atoms with E-state index < -0.39 is 0 Å². The Morgan fingerprint density at radius 1 is 1.29 bits per heavy atom. The number of benzene rings is 1. The van der Waals surface area contributed by atoms with Crippen LogP contribution in [0.15, 0.2) is 24.4 Å². The van der Waals surface area contributed by atoms with E-state index in [4.69, 9.17) is 4.74 Å². The van der Waals surface area contributed by atoms with E-state index >= 15 is 0 Å². The van der Waals surface area contributed by atoms with Gasteiger partial charge in [0.05, 0.1) is 6.10 Å². The molecule has 1 heterocycles. The minimum Gasteiger partial charge on any atom is -0.490 e. The third-order valence-electron chi connectivity index (χ3n) is 3.42. The average Bonchev–Trinajstić information content (AvgIpc) is 2.97. The highest BCUT2D eigenvalue weighted by molar-refractivity contribution is 5.97. The molecule has 1 aliphatic carbocycles. The van der Waals surface area contributed by atoms with Crippen molar-refractivity contribution in [2.75, 3.05) is 0 Å². The molecule has 0 spiro atoms. The van der Waals surface area contributed by atoms with E-state index in [0.29, 0.717) is 11.7 Å². The van der Waals surface area contributed by atoms with Crippen LogP contribution in [0.3, 0.4) is 0 Å². The fraction of sp³-hybridized carbons (Fsp3) is 0.357. The molecule has 0 radical (unpaired) electrons. The Balaban J connectivity index is 1.88. The molecule has 1 aliphatic rings. The third-order valence-corrected chi connectivity index (χ3v) is 3.42. The summed E-state index contributed by atoms with van der Waals surface area (Å²) < 4.78 is 5.92. The maximum Gasteiger partial charge on any atom is 0.152 e. The number of ether oxygens (including phenoxy) is 1. The standard InChI is InChI=1S/C14H15NO2/c16-9-10-8-15-14-7-12(5-6-13(10)14)17-11-3-1-2-4-11/h5-9,11,15H,1-4H2. The molecule has 1 fully saturated rings. The number of carbonyl (C=O) groups excluding carboxylic acids is 1. The second kappa shape index (κ2) is 4.24. The third kappa shape index (κ3) is 1.93. The van der Waals surface area contributed by atoms with Crippen molar-refractivity contribution >= 4 is 17.2 Å². The summed E-state index contributed by atoms with van der Waals surface area (Å²) in [5, 5.41) is 0.957. The van der Waals surface area contributed by atoms with Gasteiger partial charge in [-0.2, -0.15) is 0 Å². The van der Waals surface area contributed by atoms with Crippen LogP contribution < -0.4 is 4.74 Å². The minimum atomic E-state index is 0.368. The Bertz CT molecular complexity index is 538. The Morgan fingerprint density at radius 3 is 2.88 bits per heavy atom. The number of nitrogens with one attached hydrogen (secondary N) is 1. The molecule has 0 amide bonds. The lowest BCUT2D eigenvalue weighted by molar-refractivity contribution is 0.112. The molecule has 1 aromatic carbocycles. The lowest BCUT2D eigenvalue weighted by Crippen LogP contribution is -2.10. The lowest BCUT2D eigenvalue weighted by atomic mass is 10.2. The normalized spacial score (nSPS) is 16.5. The average molecular weight is 229 g/mol. The molecule has 0 unspecified atom stereocenters. The number of hydrogen-bond acceptors (Lipinski definition) is 2. The van der Waals surface area contributed by atoms with Crippen LogP contribution in [0.5, 0.6) is 5.75 Å². The maximum absolute atomic E-state index is 10.8. The van der Waals surface area contributed by atoms with Gasteiger partial charge in [0.2, 0.25) is 0 Å². The van der Waals surface area contributed by atoms with Crippen molar-refractivity contribution in [3.05, 3.63) is 30.0 Å². The Kier molecular flexibility index (Phi) is 2.59. The summed E-state index contributed by atoms with van der Waals surface area (Å²) in [6, 6.07) is 5.86. The van der Waals surface area contributed by atoms with Crippen molar-refractivity contribution in [3.63, 3.8) is 0 Å². The smallest absolute Gasteiger partial charge is 0.152 e. The summed E-state index contributed by atoms with van der Waals surface area (Å²) in [7, 11) is 0. The topological polar surface area (TPSA) is 42.1 Å². The van der Waals surface area contributed by atoms with Gasteiger partial charge in [-0.15, -0.1) is 0 Å². The van der Waals surface area contributed by atoms with Crippen molar-refractivity contribution in [3.8, 4) is 5.75 Å². The van der Waals surface area contributed by atoms with Crippen LogP contribution in [-0.4, -0.2) is 17.4 Å². The van der Waals surface area contributed by atoms with Crippen molar-refractivity contribution in [1.29, 1.82) is 0 Å². The van der Waals surface area contributed by atoms with Gasteiger partial charge in [0.15, 0.2) is 6.29 Å². The first-order chi connectivity index (χ1) is 8.36. The molecule has 88 valence electrons. The number of aromatic nitrogens is 1. The van der Waals surface area contributed by atoms with Gasteiger partial charge in [0.1, 0.15) is 5.75 Å². The molecule has 1 saturated carbocycles. The molecular weight excluding hydrogens is 214 g/mol. The summed E-state index contributed by atoms with van der Waals surface area (Å²) in [5.41, 5.74) is 1.66. The molecule has 0 atom stereocenters. The Labute approximate surface area is 99.8 Å². The van der Waals surface area contributed by atoms with E-state index in [2.05, 4.69) is 4.98 Å². The van der Waals surface area contributed by atoms with Crippen molar-refractivity contribution in [2.24, 2.45) is 0 Å². The van der Waals surface area contributed by atoms with Gasteiger partial charge in [-0.3, -0.25) is 4.79 Å². The summed E-state index contributed by atoms with van der Waals surface area (Å²) >= 11 is 0. The van der Waals surface area contributed by atoms with E-state index in [1.54, 1.807) is 6.20 Å². The minimum absolute atomic E-state index is 0.368. The predicted octanol–water partition coefficient (Wildman–Crippen LogP) is 3.30. The quantitative estimate of drug-likeness (QED) is 0.820. The van der Waals surface area contributed by atoms with E-state index in [0.717, 1.165) is 35.8 Å². The van der Waals surface area contributed by atoms with Crippen LogP contribution in [0, 0.1) is 0 Å². The van der Waals surface area contributed by atoms with Gasteiger partial charge in [-0.1, -0.05) is 0 Å². The molecule has 2 aromatic rings. The van der Waals surface area contributed by atoms with Gasteiger partial charge in [-0.25, -0.2) is 0 Å². The van der Waals surface area contributed by atoms with Crippen molar-refractivity contribution in [1.82, 2.24) is 4.98 Å². The fourth-order valence-corrected chi connectivity index (χ4v) is 2.50. The number of fused-ring (bicyclic) bond motifs is 1. The van der Waals surface area contributed by atoms with Gasteiger partial charge in [-0.05, 0) is 37.8 Å². The van der Waals surface area contributed by atoms with E-state index in [1.807, 2.05) is 18.2 Å². The summed E-state index contributed by atoms with van der Waals surface area (Å²) in [5.74, 6) is 0.892. The largest absolute Gasteiger partial charge is 0.490 e. The van der Waals surface area contributed by atoms with Gasteiger partial charge in [0, 0.05) is 28.7 Å². The highest BCUT2D eigenvalue weighted by Crippen LogP contribution is 2.27. The molecule has 0 bridgehead atoms. The molecule has 3 nitrogen and oxygen atoms in total. The second-order valence-electron chi connectivity index (χ2n) is 4.59. The van der Waals surface area contributed by atoms with E-state index in [9.17, 15) is 4.79 Å². The monoisotopic (exact) mass is 229 g/mol. The number of aldehydes is 1. The van der Waals surface area contributed by atoms with Gasteiger partial charge in [0.25, 0.3) is 0 Å². The lowest BCUT2D eigenvalue weighted by Gasteiger charge is -2.12. The van der Waals surface area contributed by atoms with Crippen LogP contribution >= 0.6 is 0 Å². The SMILES string of the molecule is O=Cc1c[nH]c2cc(OC3CCCC3)ccc12. The number of carbonyl (C=O) groups is 1. The summed E-state index contributed by atoms with van der Waals surface area (Å²) in [4.78, 5) is 13.9. The zero-order valence-electron chi connectivity index (χ0n) is 9.61. The highest BCUT2D eigenvalue weighted by Gasteiger charge is 2.16. The van der Waals surface area contributed by atoms with Crippen LogP contribution in [0.1, 0.15) is 36.0 Å². The van der Waals surface area contributed by atoms with Gasteiger partial charge >= 0.3 is 0 Å². The van der Waals surface area contributed by atoms with E-state index in [-0.39, 0.29) is 0 Å². The molecule has 17 heavy (non-hydrogen) atoms. The first-order valence-corrected chi connectivity index (χ1v) is 6.10. The second-order valence-corrected chi connectivity index (χ2v) is 4.59. The first kappa shape index (κ1) is 10.4. The van der Waals surface area contributed by atoms with Crippen LogP contribution in [0.4, 0.5) is 0 Å². The molecule has 0 aliphatic heterocycles. The summed E-state index contributed by atoms with van der Waals surface area (Å²) in [6.45, 7) is 0. The molecule has 1 N–H and O–H groups in total. The molecular formula is C14H15NO2. The van der Waals surface area contributed by atoms with Crippen LogP contribution in [0.25, 0.3) is 10.9 Å². The maximum atomic E-state index is 10.8. The number of hydrogen-bond donors (Lipinski definition) is 1. The number of H-pyrrole nitrogens is 1. The Morgan fingerprint density at radius 2 is 2.12 bits per heavy atom. The molecule has 3 heteroatoms. The van der Waals surface area contributed by atoms with E-state index in [1.165, 1.54) is 12.8 Å². The highest BCUT2D eigenvalue weighted by atomic mass is 16.5. The molecule has 1 aromatic heterocycles. The van der Waals surface area contributed by atoms with Crippen LogP contribution in [-0.2, 0) is 0 Å². The zero-order valence-corrected chi connectivity index (χ0v) is 9.61. The van der Waals surface area contributed by atoms with Crippen LogP contribution in [0.2, 0.25) is 0 Å². The molecule has 3 rings (SSSR count). The number of aromatic amines is 1. The van der Waals surface area contributed by atoms with Crippen molar-refractivity contribution in [2.45, 2.75) is 31.8 Å². The fourth-order valence-electron chi connectivity index (χ4n) is 2.50. The first-order valence-electron chi connectivity index (χ1n) is 6.10. The molecule has 0 saturated heterocycles. The van der Waals surface area contributed by atoms with Gasteiger partial charge < -0.3 is 9.72 Å². The Hall–Kier alpha value is -1.77. The summed E-state index contributed by atoms with van der Waals surface area (Å²) in [6.07, 6.45) is 7.82. The predicted molar refractivity (Wildman–Crippen MR) is 66.6 cm³/mol. The van der Waals surface area contributed by atoms with Crippen molar-refractivity contribution < 1.29 is 9.53 Å².